The molecule has 0 aromatic carbocycles. The lowest BCUT2D eigenvalue weighted by Gasteiger charge is -2.16. The van der Waals surface area contributed by atoms with Gasteiger partial charge in [-0.05, 0) is 42.8 Å². The van der Waals surface area contributed by atoms with Gasteiger partial charge in [0, 0.05) is 13.1 Å². The van der Waals surface area contributed by atoms with Crippen LogP contribution in [0.1, 0.15) is 40.0 Å². The summed E-state index contributed by atoms with van der Waals surface area (Å²) in [5, 5.41) is 7.36. The highest BCUT2D eigenvalue weighted by Crippen LogP contribution is 2.47. The number of thiocarbonyl (C=S) groups is 1. The second-order valence-corrected chi connectivity index (χ2v) is 5.22. The van der Waals surface area contributed by atoms with Gasteiger partial charge in [0.2, 0.25) is 0 Å². The molecule has 3 heteroatoms. The van der Waals surface area contributed by atoms with Crippen molar-refractivity contribution in [2.45, 2.75) is 40.0 Å². The van der Waals surface area contributed by atoms with E-state index in [9.17, 15) is 0 Å². The third kappa shape index (κ3) is 3.82. The van der Waals surface area contributed by atoms with E-state index < -0.39 is 0 Å². The predicted molar refractivity (Wildman–Crippen MR) is 65.4 cm³/mol. The van der Waals surface area contributed by atoms with Crippen molar-refractivity contribution in [3.8, 4) is 0 Å². The molecule has 0 aromatic heterocycles. The highest BCUT2D eigenvalue weighted by atomic mass is 32.1. The Balaban J connectivity index is 2.09. The molecule has 0 bridgehead atoms. The van der Waals surface area contributed by atoms with Gasteiger partial charge in [0.1, 0.15) is 0 Å². The summed E-state index contributed by atoms with van der Waals surface area (Å²) < 4.78 is 0. The highest BCUT2D eigenvalue weighted by Gasteiger charge is 2.40. The van der Waals surface area contributed by atoms with E-state index in [0.717, 1.165) is 18.2 Å². The molecule has 2 N–H and O–H groups in total. The van der Waals surface area contributed by atoms with Gasteiger partial charge in [-0.1, -0.05) is 20.8 Å². The van der Waals surface area contributed by atoms with Crippen molar-refractivity contribution in [2.75, 3.05) is 13.1 Å². The first-order chi connectivity index (χ1) is 6.58. The molecule has 2 nitrogen and oxygen atoms in total. The van der Waals surface area contributed by atoms with Crippen LogP contribution in [0.3, 0.4) is 0 Å². The van der Waals surface area contributed by atoms with Crippen LogP contribution in [0.15, 0.2) is 0 Å². The third-order valence-corrected chi connectivity index (χ3v) is 3.29. The third-order valence-electron chi connectivity index (χ3n) is 3.00. The number of rotatable bonds is 5. The van der Waals surface area contributed by atoms with Gasteiger partial charge in [0.15, 0.2) is 5.11 Å². The topological polar surface area (TPSA) is 24.1 Å². The quantitative estimate of drug-likeness (QED) is 0.687. The van der Waals surface area contributed by atoms with Crippen LogP contribution in [0.25, 0.3) is 0 Å². The van der Waals surface area contributed by atoms with Crippen molar-refractivity contribution in [2.24, 2.45) is 11.3 Å². The largest absolute Gasteiger partial charge is 0.362 e. The molecule has 0 amide bonds. The van der Waals surface area contributed by atoms with Crippen LogP contribution in [0.4, 0.5) is 0 Å². The maximum atomic E-state index is 5.19. The SMILES string of the molecule is CCC1(CNC(=S)NCC(C)C)CC1. The Hall–Kier alpha value is -0.310. The highest BCUT2D eigenvalue weighted by molar-refractivity contribution is 7.80. The average Bonchev–Trinajstić information content (AvgIpc) is 2.92. The van der Waals surface area contributed by atoms with Crippen molar-refractivity contribution in [1.82, 2.24) is 10.6 Å². The summed E-state index contributed by atoms with van der Waals surface area (Å²) in [5.41, 5.74) is 0.573. The van der Waals surface area contributed by atoms with E-state index >= 15 is 0 Å². The van der Waals surface area contributed by atoms with Crippen molar-refractivity contribution < 1.29 is 0 Å². The first kappa shape index (κ1) is 11.8. The van der Waals surface area contributed by atoms with Gasteiger partial charge in [-0.15, -0.1) is 0 Å². The van der Waals surface area contributed by atoms with Crippen LogP contribution in [-0.2, 0) is 0 Å². The van der Waals surface area contributed by atoms with Gasteiger partial charge in [0.25, 0.3) is 0 Å². The molecular formula is C11H22N2S. The van der Waals surface area contributed by atoms with Gasteiger partial charge in [-0.3, -0.25) is 0 Å². The average molecular weight is 214 g/mol. The van der Waals surface area contributed by atoms with E-state index in [-0.39, 0.29) is 0 Å². The van der Waals surface area contributed by atoms with E-state index in [2.05, 4.69) is 31.4 Å². The lowest BCUT2D eigenvalue weighted by atomic mass is 10.0. The minimum absolute atomic E-state index is 0.573. The molecule has 1 aliphatic carbocycles. The summed E-state index contributed by atoms with van der Waals surface area (Å²) in [4.78, 5) is 0. The summed E-state index contributed by atoms with van der Waals surface area (Å²) >= 11 is 5.19. The van der Waals surface area contributed by atoms with Crippen LogP contribution < -0.4 is 10.6 Å². The lowest BCUT2D eigenvalue weighted by molar-refractivity contribution is 0.479. The Morgan fingerprint density at radius 1 is 1.36 bits per heavy atom. The molecule has 1 aliphatic rings. The first-order valence-electron chi connectivity index (χ1n) is 5.60. The van der Waals surface area contributed by atoms with Crippen molar-refractivity contribution in [3.63, 3.8) is 0 Å². The number of hydrogen-bond donors (Lipinski definition) is 2. The van der Waals surface area contributed by atoms with E-state index in [1.807, 2.05) is 0 Å². The Morgan fingerprint density at radius 2 is 2.00 bits per heavy atom. The molecule has 0 atom stereocenters. The summed E-state index contributed by atoms with van der Waals surface area (Å²) in [6.45, 7) is 8.64. The summed E-state index contributed by atoms with van der Waals surface area (Å²) in [6, 6.07) is 0. The van der Waals surface area contributed by atoms with Gasteiger partial charge in [-0.2, -0.15) is 0 Å². The molecule has 1 rings (SSSR count). The molecule has 0 aromatic rings. The van der Waals surface area contributed by atoms with E-state index in [4.69, 9.17) is 12.2 Å². The van der Waals surface area contributed by atoms with Gasteiger partial charge in [-0.25, -0.2) is 0 Å². The van der Waals surface area contributed by atoms with Crippen molar-refractivity contribution in [1.29, 1.82) is 0 Å². The molecule has 14 heavy (non-hydrogen) atoms. The van der Waals surface area contributed by atoms with Crippen molar-refractivity contribution >= 4 is 17.3 Å². The molecule has 0 aliphatic heterocycles. The van der Waals surface area contributed by atoms with Crippen LogP contribution in [0, 0.1) is 11.3 Å². The maximum absolute atomic E-state index is 5.19. The summed E-state index contributed by atoms with van der Waals surface area (Å²) in [5.74, 6) is 0.649. The van der Waals surface area contributed by atoms with E-state index in [1.165, 1.54) is 19.3 Å². The maximum Gasteiger partial charge on any atom is 0.166 e. The zero-order chi connectivity index (χ0) is 10.6. The number of hydrogen-bond acceptors (Lipinski definition) is 1. The zero-order valence-corrected chi connectivity index (χ0v) is 10.3. The monoisotopic (exact) mass is 214 g/mol. The fourth-order valence-electron chi connectivity index (χ4n) is 1.46. The molecule has 82 valence electrons. The summed E-state index contributed by atoms with van der Waals surface area (Å²) in [7, 11) is 0. The second kappa shape index (κ2) is 4.96. The van der Waals surface area contributed by atoms with Gasteiger partial charge >= 0.3 is 0 Å². The lowest BCUT2D eigenvalue weighted by Crippen LogP contribution is -2.39. The second-order valence-electron chi connectivity index (χ2n) is 4.81. The van der Waals surface area contributed by atoms with Crippen LogP contribution in [-0.4, -0.2) is 18.2 Å². The predicted octanol–water partition coefficient (Wildman–Crippen LogP) is 2.30. The van der Waals surface area contributed by atoms with Crippen molar-refractivity contribution in [3.05, 3.63) is 0 Å². The zero-order valence-electron chi connectivity index (χ0n) is 9.52. The minimum Gasteiger partial charge on any atom is -0.362 e. The van der Waals surface area contributed by atoms with Gasteiger partial charge < -0.3 is 10.6 Å². The van der Waals surface area contributed by atoms with E-state index in [1.54, 1.807) is 0 Å². The van der Waals surface area contributed by atoms with E-state index in [0.29, 0.717) is 11.3 Å². The Labute approximate surface area is 92.8 Å². The molecule has 1 saturated carbocycles. The minimum atomic E-state index is 0.573. The summed E-state index contributed by atoms with van der Waals surface area (Å²) in [6.07, 6.45) is 4.00. The fraction of sp³-hybridized carbons (Fsp3) is 0.909. The molecule has 0 radical (unpaired) electrons. The Kier molecular flexibility index (Phi) is 4.17. The normalized spacial score (nSPS) is 18.0. The fourth-order valence-corrected chi connectivity index (χ4v) is 1.61. The molecule has 0 unspecified atom stereocenters. The Bertz CT molecular complexity index is 197. The first-order valence-corrected chi connectivity index (χ1v) is 6.00. The van der Waals surface area contributed by atoms with Crippen LogP contribution >= 0.6 is 12.2 Å². The van der Waals surface area contributed by atoms with Crippen LogP contribution in [0.5, 0.6) is 0 Å². The Morgan fingerprint density at radius 3 is 2.43 bits per heavy atom. The van der Waals surface area contributed by atoms with Crippen LogP contribution in [0.2, 0.25) is 0 Å². The molecule has 0 saturated heterocycles. The molecule has 0 heterocycles. The molecular weight excluding hydrogens is 192 g/mol. The van der Waals surface area contributed by atoms with Gasteiger partial charge in [0.05, 0.1) is 0 Å². The molecule has 1 fully saturated rings. The molecule has 0 spiro atoms. The number of nitrogens with one attached hydrogen (secondary N) is 2. The smallest absolute Gasteiger partial charge is 0.166 e. The standard InChI is InChI=1S/C11H22N2S/c1-4-11(5-6-11)8-13-10(14)12-7-9(2)3/h9H,4-8H2,1-3H3,(H2,12,13,14).